The van der Waals surface area contributed by atoms with Crippen LogP contribution in [-0.4, -0.2) is 17.5 Å². The first kappa shape index (κ1) is 14.1. The second-order valence-corrected chi connectivity index (χ2v) is 4.47. The molecule has 2 rings (SSSR count). The first-order valence-corrected chi connectivity index (χ1v) is 6.62. The van der Waals surface area contributed by atoms with Crippen LogP contribution >= 0.6 is 0 Å². The van der Waals surface area contributed by atoms with Gasteiger partial charge in [-0.3, -0.25) is 4.79 Å². The molecule has 1 amide bonds. The fourth-order valence-corrected chi connectivity index (χ4v) is 1.85. The average molecular weight is 270 g/mol. The van der Waals surface area contributed by atoms with Crippen molar-refractivity contribution in [3.05, 3.63) is 53.7 Å². The van der Waals surface area contributed by atoms with Crippen LogP contribution in [0.2, 0.25) is 0 Å². The van der Waals surface area contributed by atoms with Crippen LogP contribution in [0.5, 0.6) is 5.75 Å². The molecule has 0 aliphatic carbocycles. The highest BCUT2D eigenvalue weighted by Crippen LogP contribution is 2.14. The van der Waals surface area contributed by atoms with Gasteiger partial charge in [0.2, 0.25) is 5.91 Å². The van der Waals surface area contributed by atoms with E-state index < -0.39 is 0 Å². The Balaban J connectivity index is 1.96. The third kappa shape index (κ3) is 3.82. The van der Waals surface area contributed by atoms with Gasteiger partial charge in [0, 0.05) is 6.20 Å². The van der Waals surface area contributed by atoms with E-state index in [1.54, 1.807) is 6.20 Å². The standard InChI is InChI=1S/C16H18N2O2/c1-3-20-14-8-6-13(7-9-14)11-15(19)18-16-12(2)5-4-10-17-16/h4-10H,3,11H2,1-2H3,(H,17,18,19). The number of ether oxygens (including phenoxy) is 1. The highest BCUT2D eigenvalue weighted by molar-refractivity contribution is 5.91. The molecular weight excluding hydrogens is 252 g/mol. The fraction of sp³-hybridized carbons (Fsp3) is 0.250. The number of carbonyl (C=O) groups is 1. The number of aromatic nitrogens is 1. The minimum atomic E-state index is -0.0732. The lowest BCUT2D eigenvalue weighted by Crippen LogP contribution is -2.16. The number of benzene rings is 1. The van der Waals surface area contributed by atoms with Crippen molar-refractivity contribution in [2.45, 2.75) is 20.3 Å². The molecule has 1 heterocycles. The molecule has 4 heteroatoms. The van der Waals surface area contributed by atoms with E-state index in [1.807, 2.05) is 50.2 Å². The van der Waals surface area contributed by atoms with Gasteiger partial charge < -0.3 is 10.1 Å². The number of anilines is 1. The minimum Gasteiger partial charge on any atom is -0.494 e. The largest absolute Gasteiger partial charge is 0.494 e. The zero-order valence-corrected chi connectivity index (χ0v) is 11.7. The lowest BCUT2D eigenvalue weighted by molar-refractivity contribution is -0.115. The van der Waals surface area contributed by atoms with Gasteiger partial charge in [-0.2, -0.15) is 0 Å². The van der Waals surface area contributed by atoms with E-state index in [2.05, 4.69) is 10.3 Å². The van der Waals surface area contributed by atoms with Gasteiger partial charge in [0.05, 0.1) is 13.0 Å². The van der Waals surface area contributed by atoms with Crippen molar-refractivity contribution in [3.8, 4) is 5.75 Å². The lowest BCUT2D eigenvalue weighted by atomic mass is 10.1. The summed E-state index contributed by atoms with van der Waals surface area (Å²) in [5.41, 5.74) is 1.90. The molecule has 1 aromatic heterocycles. The predicted octanol–water partition coefficient (Wildman–Crippen LogP) is 2.97. The molecule has 1 N–H and O–H groups in total. The number of aryl methyl sites for hydroxylation is 1. The first-order valence-electron chi connectivity index (χ1n) is 6.62. The number of carbonyl (C=O) groups excluding carboxylic acids is 1. The average Bonchev–Trinajstić information content (AvgIpc) is 2.44. The van der Waals surface area contributed by atoms with Crippen LogP contribution in [0.1, 0.15) is 18.1 Å². The topological polar surface area (TPSA) is 51.2 Å². The summed E-state index contributed by atoms with van der Waals surface area (Å²) >= 11 is 0. The van der Waals surface area contributed by atoms with Crippen molar-refractivity contribution in [2.24, 2.45) is 0 Å². The summed E-state index contributed by atoms with van der Waals surface area (Å²) in [6.07, 6.45) is 1.99. The lowest BCUT2D eigenvalue weighted by Gasteiger charge is -2.07. The van der Waals surface area contributed by atoms with E-state index in [9.17, 15) is 4.79 Å². The maximum atomic E-state index is 12.0. The van der Waals surface area contributed by atoms with Crippen LogP contribution in [0, 0.1) is 6.92 Å². The third-order valence-electron chi connectivity index (χ3n) is 2.87. The van der Waals surface area contributed by atoms with Crippen molar-refractivity contribution in [1.82, 2.24) is 4.98 Å². The summed E-state index contributed by atoms with van der Waals surface area (Å²) in [5, 5.41) is 2.82. The Kier molecular flexibility index (Phi) is 4.71. The monoisotopic (exact) mass is 270 g/mol. The van der Waals surface area contributed by atoms with Gasteiger partial charge in [-0.05, 0) is 43.2 Å². The molecule has 4 nitrogen and oxygen atoms in total. The molecule has 0 bridgehead atoms. The Morgan fingerprint density at radius 2 is 2.00 bits per heavy atom. The molecule has 0 aliphatic rings. The van der Waals surface area contributed by atoms with Gasteiger partial charge in [0.15, 0.2) is 0 Å². The summed E-state index contributed by atoms with van der Waals surface area (Å²) in [6, 6.07) is 11.3. The quantitative estimate of drug-likeness (QED) is 0.908. The van der Waals surface area contributed by atoms with Crippen LogP contribution in [0.3, 0.4) is 0 Å². The maximum absolute atomic E-state index is 12.0. The van der Waals surface area contributed by atoms with Crippen molar-refractivity contribution < 1.29 is 9.53 Å². The van der Waals surface area contributed by atoms with Gasteiger partial charge in [-0.15, -0.1) is 0 Å². The number of hydrogen-bond donors (Lipinski definition) is 1. The van der Waals surface area contributed by atoms with Gasteiger partial charge in [-0.25, -0.2) is 4.98 Å². The Bertz CT molecular complexity index is 579. The van der Waals surface area contributed by atoms with E-state index in [0.29, 0.717) is 18.8 Å². The molecule has 0 atom stereocenters. The Morgan fingerprint density at radius 3 is 2.65 bits per heavy atom. The van der Waals surface area contributed by atoms with E-state index in [1.165, 1.54) is 0 Å². The smallest absolute Gasteiger partial charge is 0.229 e. The van der Waals surface area contributed by atoms with Gasteiger partial charge in [-0.1, -0.05) is 18.2 Å². The molecule has 0 spiro atoms. The van der Waals surface area contributed by atoms with Crippen molar-refractivity contribution in [2.75, 3.05) is 11.9 Å². The molecule has 0 radical (unpaired) electrons. The SMILES string of the molecule is CCOc1ccc(CC(=O)Nc2ncccc2C)cc1. The second-order valence-electron chi connectivity index (χ2n) is 4.47. The fourth-order valence-electron chi connectivity index (χ4n) is 1.85. The number of nitrogens with one attached hydrogen (secondary N) is 1. The van der Waals surface area contributed by atoms with E-state index in [0.717, 1.165) is 16.9 Å². The Labute approximate surface area is 118 Å². The molecule has 0 saturated heterocycles. The highest BCUT2D eigenvalue weighted by atomic mass is 16.5. The van der Waals surface area contributed by atoms with Crippen molar-refractivity contribution in [1.29, 1.82) is 0 Å². The van der Waals surface area contributed by atoms with Crippen LogP contribution in [-0.2, 0) is 11.2 Å². The molecule has 20 heavy (non-hydrogen) atoms. The number of rotatable bonds is 5. The van der Waals surface area contributed by atoms with E-state index >= 15 is 0 Å². The molecule has 1 aromatic carbocycles. The van der Waals surface area contributed by atoms with Crippen molar-refractivity contribution in [3.63, 3.8) is 0 Å². The van der Waals surface area contributed by atoms with Gasteiger partial charge in [0.25, 0.3) is 0 Å². The summed E-state index contributed by atoms with van der Waals surface area (Å²) in [6.45, 7) is 4.49. The van der Waals surface area contributed by atoms with Crippen molar-refractivity contribution >= 4 is 11.7 Å². The predicted molar refractivity (Wildman–Crippen MR) is 78.9 cm³/mol. The third-order valence-corrected chi connectivity index (χ3v) is 2.87. The molecular formula is C16H18N2O2. The van der Waals surface area contributed by atoms with Crippen LogP contribution in [0.4, 0.5) is 5.82 Å². The maximum Gasteiger partial charge on any atom is 0.229 e. The Morgan fingerprint density at radius 1 is 1.25 bits per heavy atom. The van der Waals surface area contributed by atoms with Gasteiger partial charge in [0.1, 0.15) is 11.6 Å². The summed E-state index contributed by atoms with van der Waals surface area (Å²) in [7, 11) is 0. The Hall–Kier alpha value is -2.36. The number of nitrogens with zero attached hydrogens (tertiary/aromatic N) is 1. The number of pyridine rings is 1. The summed E-state index contributed by atoms with van der Waals surface area (Å²) in [4.78, 5) is 16.1. The second kappa shape index (κ2) is 6.70. The first-order chi connectivity index (χ1) is 9.69. The summed E-state index contributed by atoms with van der Waals surface area (Å²) < 4.78 is 5.37. The molecule has 0 saturated carbocycles. The zero-order valence-electron chi connectivity index (χ0n) is 11.7. The summed E-state index contributed by atoms with van der Waals surface area (Å²) in [5.74, 6) is 1.36. The molecule has 0 aliphatic heterocycles. The molecule has 104 valence electrons. The minimum absolute atomic E-state index is 0.0732. The molecule has 0 unspecified atom stereocenters. The zero-order chi connectivity index (χ0) is 14.4. The highest BCUT2D eigenvalue weighted by Gasteiger charge is 2.06. The van der Waals surface area contributed by atoms with Crippen LogP contribution < -0.4 is 10.1 Å². The van der Waals surface area contributed by atoms with Crippen LogP contribution in [0.15, 0.2) is 42.6 Å². The normalized spacial score (nSPS) is 10.1. The number of amides is 1. The van der Waals surface area contributed by atoms with Gasteiger partial charge >= 0.3 is 0 Å². The number of hydrogen-bond acceptors (Lipinski definition) is 3. The van der Waals surface area contributed by atoms with E-state index in [-0.39, 0.29) is 5.91 Å². The van der Waals surface area contributed by atoms with E-state index in [4.69, 9.17) is 4.74 Å². The van der Waals surface area contributed by atoms with Crippen LogP contribution in [0.25, 0.3) is 0 Å². The molecule has 2 aromatic rings. The molecule has 0 fully saturated rings.